The summed E-state index contributed by atoms with van der Waals surface area (Å²) in [5.74, 6) is 1.27. The summed E-state index contributed by atoms with van der Waals surface area (Å²) in [5, 5.41) is 9.35. The van der Waals surface area contributed by atoms with E-state index in [-0.39, 0.29) is 18.4 Å². The Hall–Kier alpha value is -2.79. The molecule has 0 saturated carbocycles. The lowest BCUT2D eigenvalue weighted by molar-refractivity contribution is -0.136. The van der Waals surface area contributed by atoms with Crippen LogP contribution in [0.4, 0.5) is 0 Å². The van der Waals surface area contributed by atoms with Gasteiger partial charge in [0.1, 0.15) is 18.1 Å². The molecule has 0 saturated heterocycles. The minimum Gasteiger partial charge on any atom is -0.497 e. The summed E-state index contributed by atoms with van der Waals surface area (Å²) in [5.41, 5.74) is 2.09. The Morgan fingerprint density at radius 3 is 2.85 bits per heavy atom. The first-order chi connectivity index (χ1) is 13.2. The predicted octanol–water partition coefficient (Wildman–Crippen LogP) is 2.78. The quantitative estimate of drug-likeness (QED) is 0.818. The van der Waals surface area contributed by atoms with Crippen LogP contribution in [-0.4, -0.2) is 49.3 Å². The molecule has 1 heterocycles. The molecule has 0 fully saturated rings. The van der Waals surface area contributed by atoms with Crippen molar-refractivity contribution in [2.24, 2.45) is 5.92 Å². The number of hydrogen-bond donors (Lipinski definition) is 1. The van der Waals surface area contributed by atoms with E-state index in [0.29, 0.717) is 26.1 Å². The highest BCUT2D eigenvalue weighted by Gasteiger charge is 2.29. The molecule has 3 rings (SSSR count). The fourth-order valence-corrected chi connectivity index (χ4v) is 3.19. The van der Waals surface area contributed by atoms with E-state index in [9.17, 15) is 9.90 Å². The second-order valence-corrected chi connectivity index (χ2v) is 6.51. The van der Waals surface area contributed by atoms with Gasteiger partial charge in [0.05, 0.1) is 19.6 Å². The van der Waals surface area contributed by atoms with Crippen molar-refractivity contribution >= 4 is 12.0 Å². The van der Waals surface area contributed by atoms with Crippen molar-refractivity contribution in [3.63, 3.8) is 0 Å². The smallest absolute Gasteiger partial charge is 0.229 e. The first kappa shape index (κ1) is 19.0. The van der Waals surface area contributed by atoms with Gasteiger partial charge in [0, 0.05) is 19.2 Å². The van der Waals surface area contributed by atoms with Crippen LogP contribution < -0.4 is 9.47 Å². The van der Waals surface area contributed by atoms with Crippen LogP contribution in [0.3, 0.4) is 0 Å². The molecule has 5 nitrogen and oxygen atoms in total. The number of benzene rings is 2. The molecule has 2 aromatic carbocycles. The van der Waals surface area contributed by atoms with E-state index in [1.54, 1.807) is 12.0 Å². The van der Waals surface area contributed by atoms with Gasteiger partial charge in [-0.1, -0.05) is 48.6 Å². The monoisotopic (exact) mass is 367 g/mol. The minimum absolute atomic E-state index is 0.00299. The van der Waals surface area contributed by atoms with Crippen molar-refractivity contribution in [2.75, 3.05) is 33.4 Å². The maximum atomic E-state index is 12.9. The summed E-state index contributed by atoms with van der Waals surface area (Å²) in [7, 11) is 1.62. The molecule has 0 aromatic heterocycles. The number of ether oxygens (including phenoxy) is 2. The highest BCUT2D eigenvalue weighted by atomic mass is 16.5. The SMILES string of the molecule is COc1ccc2c(c1)OCC(C(=O)N(C/C=C/c1ccccc1)CCO)C2. The fraction of sp³-hybridized carbons (Fsp3) is 0.318. The number of aliphatic hydroxyl groups excluding tert-OH is 1. The summed E-state index contributed by atoms with van der Waals surface area (Å²) in [6.07, 6.45) is 4.56. The Balaban J connectivity index is 1.65. The van der Waals surface area contributed by atoms with Gasteiger partial charge in [-0.3, -0.25) is 4.79 Å². The first-order valence-electron chi connectivity index (χ1n) is 9.12. The summed E-state index contributed by atoms with van der Waals surface area (Å²) in [6.45, 7) is 1.04. The molecule has 1 N–H and O–H groups in total. The number of fused-ring (bicyclic) bond motifs is 1. The summed E-state index contributed by atoms with van der Waals surface area (Å²) >= 11 is 0. The lowest BCUT2D eigenvalue weighted by atomic mass is 9.95. The largest absolute Gasteiger partial charge is 0.497 e. The number of hydrogen-bond acceptors (Lipinski definition) is 4. The number of carbonyl (C=O) groups is 1. The zero-order chi connectivity index (χ0) is 19.1. The van der Waals surface area contributed by atoms with Gasteiger partial charge in [0.15, 0.2) is 0 Å². The third-order valence-corrected chi connectivity index (χ3v) is 4.65. The first-order valence-corrected chi connectivity index (χ1v) is 9.12. The van der Waals surface area contributed by atoms with Crippen LogP contribution >= 0.6 is 0 Å². The van der Waals surface area contributed by atoms with Gasteiger partial charge >= 0.3 is 0 Å². The predicted molar refractivity (Wildman–Crippen MR) is 105 cm³/mol. The van der Waals surface area contributed by atoms with Crippen LogP contribution in [0, 0.1) is 5.92 Å². The van der Waals surface area contributed by atoms with E-state index in [2.05, 4.69) is 0 Å². The minimum atomic E-state index is -0.248. The Labute approximate surface area is 159 Å². The second kappa shape index (κ2) is 9.24. The van der Waals surface area contributed by atoms with E-state index >= 15 is 0 Å². The highest BCUT2D eigenvalue weighted by molar-refractivity contribution is 5.80. The molecular formula is C22H25NO4. The van der Waals surface area contributed by atoms with Gasteiger partial charge in [-0.15, -0.1) is 0 Å². The standard InChI is InChI=1S/C22H25NO4/c1-26-20-10-9-18-14-19(16-27-21(18)15-20)22(25)23(12-13-24)11-5-8-17-6-3-2-4-7-17/h2-10,15,19,24H,11-14,16H2,1H3/b8-5+. The van der Waals surface area contributed by atoms with E-state index in [0.717, 1.165) is 22.6 Å². The highest BCUT2D eigenvalue weighted by Crippen LogP contribution is 2.31. The maximum absolute atomic E-state index is 12.9. The average molecular weight is 367 g/mol. The van der Waals surface area contributed by atoms with Crippen molar-refractivity contribution in [1.29, 1.82) is 0 Å². The molecule has 1 atom stereocenters. The van der Waals surface area contributed by atoms with Gasteiger partial charge in [-0.25, -0.2) is 0 Å². The molecule has 1 unspecified atom stereocenters. The molecule has 0 aliphatic carbocycles. The molecule has 0 bridgehead atoms. The van der Waals surface area contributed by atoms with Crippen molar-refractivity contribution in [2.45, 2.75) is 6.42 Å². The van der Waals surface area contributed by atoms with E-state index in [1.165, 1.54) is 0 Å². The van der Waals surface area contributed by atoms with E-state index in [1.807, 2.05) is 60.7 Å². The molecule has 1 amide bonds. The third-order valence-electron chi connectivity index (χ3n) is 4.65. The van der Waals surface area contributed by atoms with Gasteiger partial charge < -0.3 is 19.5 Å². The van der Waals surface area contributed by atoms with Crippen LogP contribution in [-0.2, 0) is 11.2 Å². The average Bonchev–Trinajstić information content (AvgIpc) is 2.72. The maximum Gasteiger partial charge on any atom is 0.229 e. The summed E-state index contributed by atoms with van der Waals surface area (Å²) in [4.78, 5) is 14.6. The Kier molecular flexibility index (Phi) is 6.49. The van der Waals surface area contributed by atoms with Crippen molar-refractivity contribution in [3.8, 4) is 11.5 Å². The van der Waals surface area contributed by atoms with Crippen molar-refractivity contribution in [3.05, 3.63) is 65.7 Å². The number of rotatable bonds is 7. The Morgan fingerprint density at radius 1 is 1.30 bits per heavy atom. The van der Waals surface area contributed by atoms with E-state index in [4.69, 9.17) is 9.47 Å². The lowest BCUT2D eigenvalue weighted by Gasteiger charge is -2.29. The van der Waals surface area contributed by atoms with Crippen LogP contribution in [0.2, 0.25) is 0 Å². The molecule has 0 spiro atoms. The number of nitrogens with zero attached hydrogens (tertiary/aromatic N) is 1. The van der Waals surface area contributed by atoms with Crippen LogP contribution in [0.15, 0.2) is 54.6 Å². The fourth-order valence-electron chi connectivity index (χ4n) is 3.19. The molecule has 27 heavy (non-hydrogen) atoms. The van der Waals surface area contributed by atoms with Gasteiger partial charge in [-0.2, -0.15) is 0 Å². The second-order valence-electron chi connectivity index (χ2n) is 6.51. The zero-order valence-electron chi connectivity index (χ0n) is 15.5. The van der Waals surface area contributed by atoms with Crippen LogP contribution in [0.5, 0.6) is 11.5 Å². The molecule has 5 heteroatoms. The van der Waals surface area contributed by atoms with Crippen LogP contribution in [0.25, 0.3) is 6.08 Å². The number of aliphatic hydroxyl groups is 1. The van der Waals surface area contributed by atoms with Gasteiger partial charge in [0.2, 0.25) is 5.91 Å². The molecule has 2 aromatic rings. The summed E-state index contributed by atoms with van der Waals surface area (Å²) in [6, 6.07) is 15.6. The lowest BCUT2D eigenvalue weighted by Crippen LogP contribution is -2.42. The molecule has 1 aliphatic heterocycles. The Bertz CT molecular complexity index is 788. The summed E-state index contributed by atoms with van der Waals surface area (Å²) < 4.78 is 11.0. The topological polar surface area (TPSA) is 59.0 Å². The number of amides is 1. The number of carbonyl (C=O) groups excluding carboxylic acids is 1. The van der Waals surface area contributed by atoms with Crippen molar-refractivity contribution in [1.82, 2.24) is 4.90 Å². The van der Waals surface area contributed by atoms with Crippen LogP contribution in [0.1, 0.15) is 11.1 Å². The third kappa shape index (κ3) is 4.89. The Morgan fingerprint density at radius 2 is 2.11 bits per heavy atom. The molecule has 1 aliphatic rings. The normalized spacial score (nSPS) is 15.9. The zero-order valence-corrected chi connectivity index (χ0v) is 15.5. The van der Waals surface area contributed by atoms with Crippen molar-refractivity contribution < 1.29 is 19.4 Å². The molecule has 142 valence electrons. The number of methoxy groups -OCH3 is 1. The molecule has 0 radical (unpaired) electrons. The van der Waals surface area contributed by atoms with Gasteiger partial charge in [0.25, 0.3) is 0 Å². The van der Waals surface area contributed by atoms with Gasteiger partial charge in [-0.05, 0) is 23.6 Å². The molecular weight excluding hydrogens is 342 g/mol. The van der Waals surface area contributed by atoms with E-state index < -0.39 is 0 Å².